The van der Waals surface area contributed by atoms with Crippen LogP contribution in [-0.4, -0.2) is 60.6 Å². The van der Waals surface area contributed by atoms with Crippen molar-refractivity contribution in [1.29, 1.82) is 0 Å². The first-order valence-electron chi connectivity index (χ1n) is 8.96. The number of para-hydroxylation sites is 1. The van der Waals surface area contributed by atoms with Gasteiger partial charge in [0.1, 0.15) is 10.8 Å². The van der Waals surface area contributed by atoms with Crippen molar-refractivity contribution in [3.63, 3.8) is 0 Å². The smallest absolute Gasteiger partial charge is 0.226 e. The number of aromatic nitrogens is 1. The zero-order chi connectivity index (χ0) is 19.1. The summed E-state index contributed by atoms with van der Waals surface area (Å²) in [4.78, 5) is 21.0. The van der Waals surface area contributed by atoms with Gasteiger partial charge in [-0.1, -0.05) is 23.7 Å². The molecule has 6 nitrogen and oxygen atoms in total. The number of carbonyl (C=O) groups excluding carboxylic acids is 1. The maximum absolute atomic E-state index is 12.3. The van der Waals surface area contributed by atoms with Gasteiger partial charge in [-0.15, -0.1) is 11.3 Å². The largest absolute Gasteiger partial charge is 0.491 e. The van der Waals surface area contributed by atoms with Crippen LogP contribution in [0.2, 0.25) is 5.02 Å². The lowest BCUT2D eigenvalue weighted by Crippen LogP contribution is -2.35. The highest BCUT2D eigenvalue weighted by Gasteiger charge is 2.15. The van der Waals surface area contributed by atoms with Crippen LogP contribution in [0.4, 0.5) is 0 Å². The molecule has 1 saturated heterocycles. The Bertz CT molecular complexity index is 749. The molecule has 1 aliphatic rings. The predicted molar refractivity (Wildman–Crippen MR) is 106 cm³/mol. The second-order valence-electron chi connectivity index (χ2n) is 6.40. The van der Waals surface area contributed by atoms with E-state index in [1.807, 2.05) is 17.5 Å². The van der Waals surface area contributed by atoms with E-state index in [-0.39, 0.29) is 5.91 Å². The Morgan fingerprint density at radius 3 is 2.93 bits per heavy atom. The highest BCUT2D eigenvalue weighted by molar-refractivity contribution is 7.09. The van der Waals surface area contributed by atoms with E-state index in [4.69, 9.17) is 21.1 Å². The van der Waals surface area contributed by atoms with Crippen LogP contribution >= 0.6 is 22.9 Å². The minimum atomic E-state index is 0.0183. The number of carbonyl (C=O) groups is 1. The fourth-order valence-corrected chi connectivity index (χ4v) is 3.79. The summed E-state index contributed by atoms with van der Waals surface area (Å²) in [6.45, 7) is 5.10. The zero-order valence-electron chi connectivity index (χ0n) is 15.4. The summed E-state index contributed by atoms with van der Waals surface area (Å²) in [7, 11) is 1.79. The van der Waals surface area contributed by atoms with Crippen LogP contribution in [-0.2, 0) is 22.6 Å². The molecule has 1 fully saturated rings. The third-order valence-corrected chi connectivity index (χ3v) is 5.49. The predicted octanol–water partition coefficient (Wildman–Crippen LogP) is 3.06. The number of thiazole rings is 1. The van der Waals surface area contributed by atoms with Gasteiger partial charge in [0.2, 0.25) is 5.91 Å². The molecule has 3 rings (SSSR count). The average Bonchev–Trinajstić information content (AvgIpc) is 3.10. The Balaban J connectivity index is 1.42. The first-order chi connectivity index (χ1) is 13.1. The van der Waals surface area contributed by atoms with Gasteiger partial charge in [-0.05, 0) is 12.1 Å². The lowest BCUT2D eigenvalue weighted by atomic mass is 10.3. The molecule has 146 valence electrons. The lowest BCUT2D eigenvalue weighted by molar-refractivity contribution is -0.131. The highest BCUT2D eigenvalue weighted by atomic mass is 35.5. The summed E-state index contributed by atoms with van der Waals surface area (Å²) in [6, 6.07) is 7.25. The molecule has 2 aromatic rings. The van der Waals surface area contributed by atoms with Crippen molar-refractivity contribution in [2.45, 2.75) is 19.5 Å². The molecule has 0 N–H and O–H groups in total. The molecule has 0 spiro atoms. The molecule has 0 saturated carbocycles. The number of nitrogens with zero attached hydrogens (tertiary/aromatic N) is 3. The summed E-state index contributed by atoms with van der Waals surface area (Å²) >= 11 is 7.69. The number of amides is 1. The Morgan fingerprint density at radius 2 is 2.15 bits per heavy atom. The van der Waals surface area contributed by atoms with Gasteiger partial charge in [-0.3, -0.25) is 9.69 Å². The maximum atomic E-state index is 12.3. The quantitative estimate of drug-likeness (QED) is 0.670. The minimum absolute atomic E-state index is 0.0183. The topological polar surface area (TPSA) is 54.9 Å². The van der Waals surface area contributed by atoms with Crippen LogP contribution in [0.1, 0.15) is 17.1 Å². The molecule has 0 bridgehead atoms. The standard InChI is InChI=1S/C19H24ClN3O3S/c1-22(19(24)6-9-26-17-5-3-2-4-16(17)20)12-15-14-27-18(21-15)13-23-7-10-25-11-8-23/h2-5,14H,6-13H2,1H3. The molecule has 0 radical (unpaired) electrons. The van der Waals surface area contributed by atoms with Gasteiger partial charge in [0, 0.05) is 25.5 Å². The van der Waals surface area contributed by atoms with Crippen molar-refractivity contribution in [1.82, 2.24) is 14.8 Å². The molecule has 1 aromatic carbocycles. The van der Waals surface area contributed by atoms with Gasteiger partial charge in [0.15, 0.2) is 0 Å². The monoisotopic (exact) mass is 409 g/mol. The van der Waals surface area contributed by atoms with Gasteiger partial charge in [0.05, 0.1) is 50.0 Å². The lowest BCUT2D eigenvalue weighted by Gasteiger charge is -2.25. The Kier molecular flexibility index (Phi) is 7.46. The molecular formula is C19H24ClN3O3S. The van der Waals surface area contributed by atoms with Crippen LogP contribution in [0.5, 0.6) is 5.75 Å². The molecular weight excluding hydrogens is 386 g/mol. The normalized spacial score (nSPS) is 14.9. The molecule has 1 aliphatic heterocycles. The van der Waals surface area contributed by atoms with Crippen LogP contribution in [0.25, 0.3) is 0 Å². The van der Waals surface area contributed by atoms with Crippen LogP contribution in [0.3, 0.4) is 0 Å². The number of hydrogen-bond acceptors (Lipinski definition) is 6. The van der Waals surface area contributed by atoms with Crippen molar-refractivity contribution in [3.05, 3.63) is 45.4 Å². The minimum Gasteiger partial charge on any atom is -0.491 e. The summed E-state index contributed by atoms with van der Waals surface area (Å²) in [5, 5.41) is 3.66. The van der Waals surface area contributed by atoms with Crippen molar-refractivity contribution < 1.29 is 14.3 Å². The molecule has 27 heavy (non-hydrogen) atoms. The molecule has 8 heteroatoms. The SMILES string of the molecule is CN(Cc1csc(CN2CCOCC2)n1)C(=O)CCOc1ccccc1Cl. The molecule has 0 atom stereocenters. The third kappa shape index (κ3) is 6.17. The average molecular weight is 410 g/mol. The number of halogens is 1. The van der Waals surface area contributed by atoms with Crippen molar-refractivity contribution in [2.75, 3.05) is 40.0 Å². The first kappa shape index (κ1) is 20.1. The Hall–Kier alpha value is -1.67. The van der Waals surface area contributed by atoms with Crippen LogP contribution in [0, 0.1) is 0 Å². The van der Waals surface area contributed by atoms with Crippen molar-refractivity contribution in [2.24, 2.45) is 0 Å². The van der Waals surface area contributed by atoms with Gasteiger partial charge in [0.25, 0.3) is 0 Å². The van der Waals surface area contributed by atoms with E-state index in [0.717, 1.165) is 43.5 Å². The molecule has 1 amide bonds. The van der Waals surface area contributed by atoms with E-state index in [2.05, 4.69) is 9.88 Å². The number of benzene rings is 1. The van der Waals surface area contributed by atoms with E-state index in [1.54, 1.807) is 35.4 Å². The van der Waals surface area contributed by atoms with E-state index in [1.165, 1.54) is 0 Å². The maximum Gasteiger partial charge on any atom is 0.226 e. The summed E-state index contributed by atoms with van der Waals surface area (Å²) < 4.78 is 11.0. The van der Waals surface area contributed by atoms with Gasteiger partial charge in [-0.2, -0.15) is 0 Å². The van der Waals surface area contributed by atoms with E-state index >= 15 is 0 Å². The first-order valence-corrected chi connectivity index (χ1v) is 10.2. The van der Waals surface area contributed by atoms with Crippen LogP contribution in [0.15, 0.2) is 29.6 Å². The van der Waals surface area contributed by atoms with E-state index in [0.29, 0.717) is 30.3 Å². The molecule has 1 aromatic heterocycles. The third-order valence-electron chi connectivity index (χ3n) is 4.30. The van der Waals surface area contributed by atoms with E-state index in [9.17, 15) is 4.79 Å². The fraction of sp³-hybridized carbons (Fsp3) is 0.474. The highest BCUT2D eigenvalue weighted by Crippen LogP contribution is 2.23. The van der Waals surface area contributed by atoms with E-state index < -0.39 is 0 Å². The second kappa shape index (κ2) is 10.0. The van der Waals surface area contributed by atoms with Gasteiger partial charge >= 0.3 is 0 Å². The summed E-state index contributed by atoms with van der Waals surface area (Å²) in [5.41, 5.74) is 0.922. The van der Waals surface area contributed by atoms with Crippen LogP contribution < -0.4 is 4.74 Å². The zero-order valence-corrected chi connectivity index (χ0v) is 17.0. The summed E-state index contributed by atoms with van der Waals surface area (Å²) in [5.74, 6) is 0.617. The second-order valence-corrected chi connectivity index (χ2v) is 7.75. The Morgan fingerprint density at radius 1 is 1.37 bits per heavy atom. The number of morpholine rings is 1. The summed E-state index contributed by atoms with van der Waals surface area (Å²) in [6.07, 6.45) is 0.298. The molecule has 0 aliphatic carbocycles. The fourth-order valence-electron chi connectivity index (χ4n) is 2.78. The molecule has 0 unspecified atom stereocenters. The number of ether oxygens (including phenoxy) is 2. The van der Waals surface area contributed by atoms with Crippen molar-refractivity contribution >= 4 is 28.8 Å². The molecule has 2 heterocycles. The number of rotatable bonds is 8. The Labute approximate surface area is 168 Å². The number of hydrogen-bond donors (Lipinski definition) is 0. The van der Waals surface area contributed by atoms with Gasteiger partial charge in [-0.25, -0.2) is 4.98 Å². The van der Waals surface area contributed by atoms with Crippen molar-refractivity contribution in [3.8, 4) is 5.75 Å². The van der Waals surface area contributed by atoms with Gasteiger partial charge < -0.3 is 14.4 Å².